The van der Waals surface area contributed by atoms with Crippen molar-refractivity contribution in [2.75, 3.05) is 31.1 Å². The predicted molar refractivity (Wildman–Crippen MR) is 251 cm³/mol. The third-order valence-corrected chi connectivity index (χ3v) is 14.1. The number of carbonyl (C=O) groups excluding carboxylic acids is 5. The highest BCUT2D eigenvalue weighted by Crippen LogP contribution is 2.39. The number of alkyl halides is 3. The zero-order valence-corrected chi connectivity index (χ0v) is 39.0. The molecule has 0 bridgehead atoms. The molecule has 5 amide bonds. The number of aliphatic imine (C=N–C) groups is 1. The van der Waals surface area contributed by atoms with Crippen molar-refractivity contribution in [1.29, 1.82) is 0 Å². The number of nitrogens with one attached hydrogen (secondary N) is 3. The number of H-pyrrole nitrogens is 1. The third-order valence-electron chi connectivity index (χ3n) is 14.1. The van der Waals surface area contributed by atoms with Crippen LogP contribution in [0.4, 0.5) is 28.9 Å². The van der Waals surface area contributed by atoms with Gasteiger partial charge in [0.05, 0.1) is 51.9 Å². The first-order valence-corrected chi connectivity index (χ1v) is 23.2. The van der Waals surface area contributed by atoms with Gasteiger partial charge >= 0.3 is 6.18 Å². The Hall–Kier alpha value is -7.29. The zero-order valence-electron chi connectivity index (χ0n) is 39.0. The standard InChI is InChI=1S/C49H52F4N12O5/c1-26-19-28(5-7-37(26)55-24-30(23-54)43(67)56-25-41-57-47(60-59-41)48(3,4)49(51,52)53)29-6-8-38-33(20-29)27(2)61-65(38)32-13-15-62(16-14-32)31-11-17-63(18-12-31)40-22-35-34(21-36(40)50)45(69)64(46(35)70)39-9-10-42(66)58-44(39)68/h5-8,19-24,31-32,39H,9-18,25,54H2,1-4H3,(H,56,67)(H,57,59,60)(H,58,66,68)/b30-23+,55-24?. The average molecular weight is 965 g/mol. The molecule has 0 aliphatic carbocycles. The highest BCUT2D eigenvalue weighted by Gasteiger charge is 2.51. The summed E-state index contributed by atoms with van der Waals surface area (Å²) >= 11 is 0. The van der Waals surface area contributed by atoms with Crippen LogP contribution in [0.5, 0.6) is 0 Å². The maximum atomic E-state index is 15.6. The lowest BCUT2D eigenvalue weighted by Crippen LogP contribution is -2.54. The van der Waals surface area contributed by atoms with Gasteiger partial charge in [-0.05, 0) is 113 Å². The smallest absolute Gasteiger partial charge is 0.401 e. The van der Waals surface area contributed by atoms with Gasteiger partial charge in [-0.1, -0.05) is 12.1 Å². The van der Waals surface area contributed by atoms with Crippen molar-refractivity contribution >= 4 is 58.0 Å². The molecule has 3 fully saturated rings. The number of aromatic nitrogens is 5. The predicted octanol–water partition coefficient (Wildman–Crippen LogP) is 5.99. The molecule has 21 heteroatoms. The molecular formula is C49H52F4N12O5. The summed E-state index contributed by atoms with van der Waals surface area (Å²) in [5, 5.41) is 16.9. The summed E-state index contributed by atoms with van der Waals surface area (Å²) in [6.07, 6.45) is 1.30. The number of rotatable bonds is 11. The number of likely N-dealkylation sites (tertiary alicyclic amines) is 1. The van der Waals surface area contributed by atoms with Crippen LogP contribution in [0.1, 0.15) is 102 Å². The van der Waals surface area contributed by atoms with Crippen molar-refractivity contribution in [3.8, 4) is 11.1 Å². The van der Waals surface area contributed by atoms with Crippen molar-refractivity contribution in [2.45, 2.75) is 102 Å². The molecule has 70 heavy (non-hydrogen) atoms. The van der Waals surface area contributed by atoms with Crippen LogP contribution < -0.4 is 21.3 Å². The second-order valence-corrected chi connectivity index (χ2v) is 18.8. The molecule has 5 N–H and O–H groups in total. The normalized spacial score (nSPS) is 19.2. The Balaban J connectivity index is 0.784. The number of anilines is 1. The number of nitrogens with two attached hydrogens (primary N) is 1. The Morgan fingerprint density at radius 2 is 1.57 bits per heavy atom. The average Bonchev–Trinajstić information content (AvgIpc) is 4.02. The van der Waals surface area contributed by atoms with E-state index in [1.165, 1.54) is 12.3 Å². The van der Waals surface area contributed by atoms with E-state index in [-0.39, 0.29) is 53.6 Å². The van der Waals surface area contributed by atoms with Gasteiger partial charge in [0.1, 0.15) is 23.1 Å². The summed E-state index contributed by atoms with van der Waals surface area (Å²) in [6, 6.07) is 14.0. The lowest BCUT2D eigenvalue weighted by molar-refractivity contribution is -0.182. The highest BCUT2D eigenvalue weighted by molar-refractivity contribution is 6.24. The van der Waals surface area contributed by atoms with Crippen LogP contribution in [0.2, 0.25) is 0 Å². The molecular weight excluding hydrogens is 913 g/mol. The third kappa shape index (κ3) is 8.93. The number of nitrogens with zero attached hydrogens (tertiary/aromatic N) is 8. The number of piperidine rings is 3. The fraction of sp³-hybridized carbons (Fsp3) is 0.408. The van der Waals surface area contributed by atoms with Crippen LogP contribution in [-0.2, 0) is 26.3 Å². The summed E-state index contributed by atoms with van der Waals surface area (Å²) in [4.78, 5) is 77.3. The van der Waals surface area contributed by atoms with Crippen molar-refractivity contribution < 1.29 is 41.5 Å². The van der Waals surface area contributed by atoms with E-state index >= 15 is 4.39 Å². The molecule has 0 radical (unpaired) electrons. The Morgan fingerprint density at radius 1 is 0.900 bits per heavy atom. The first kappa shape index (κ1) is 47.8. The van der Waals surface area contributed by atoms with Gasteiger partial charge in [0.25, 0.3) is 17.7 Å². The van der Waals surface area contributed by atoms with Gasteiger partial charge in [-0.25, -0.2) is 9.37 Å². The molecule has 9 rings (SSSR count). The number of aryl methyl sites for hydroxylation is 2. The Morgan fingerprint density at radius 3 is 2.24 bits per heavy atom. The van der Waals surface area contributed by atoms with Gasteiger partial charge in [-0.3, -0.25) is 49.0 Å². The van der Waals surface area contributed by atoms with E-state index in [0.29, 0.717) is 24.8 Å². The van der Waals surface area contributed by atoms with Gasteiger partial charge in [-0.15, -0.1) is 0 Å². The van der Waals surface area contributed by atoms with E-state index in [2.05, 4.69) is 58.6 Å². The highest BCUT2D eigenvalue weighted by atomic mass is 19.4. The number of imide groups is 2. The SMILES string of the molecule is Cc1cc(-c2ccc3c(c2)c(C)nn3C2CCN(C3CCN(c4cc5c(cc4F)C(=O)N(C4CCC(=O)NC4=O)C5=O)CC3)CC2)ccc1N=C/C(=C\N)C(=O)NCc1nc(C(C)(C)C(F)(F)F)n[nH]1. The molecule has 17 nitrogen and oxygen atoms in total. The maximum absolute atomic E-state index is 15.6. The van der Waals surface area contributed by atoms with Gasteiger partial charge in [0.2, 0.25) is 11.8 Å². The number of hydrogen-bond donors (Lipinski definition) is 4. The fourth-order valence-electron chi connectivity index (χ4n) is 9.78. The van der Waals surface area contributed by atoms with Gasteiger partial charge in [0, 0.05) is 56.4 Å². The van der Waals surface area contributed by atoms with Crippen LogP contribution in [-0.4, -0.2) is 115 Å². The number of benzene rings is 3. The van der Waals surface area contributed by atoms with Crippen molar-refractivity contribution in [2.24, 2.45) is 10.7 Å². The first-order chi connectivity index (χ1) is 33.3. The Kier molecular flexibility index (Phi) is 12.7. The number of carbonyl (C=O) groups is 5. The second-order valence-electron chi connectivity index (χ2n) is 18.8. The van der Waals surface area contributed by atoms with Crippen LogP contribution in [0.25, 0.3) is 22.0 Å². The number of hydrogen-bond acceptors (Lipinski definition) is 12. The van der Waals surface area contributed by atoms with Crippen LogP contribution >= 0.6 is 0 Å². The molecule has 5 aromatic rings. The van der Waals surface area contributed by atoms with E-state index in [1.807, 2.05) is 36.9 Å². The Labute approximate surface area is 399 Å². The molecule has 366 valence electrons. The summed E-state index contributed by atoms with van der Waals surface area (Å²) in [6.45, 7) is 8.57. The van der Waals surface area contributed by atoms with Crippen LogP contribution in [0.3, 0.4) is 0 Å². The van der Waals surface area contributed by atoms with E-state index in [0.717, 1.165) is 103 Å². The summed E-state index contributed by atoms with van der Waals surface area (Å²) in [7, 11) is 0. The second kappa shape index (κ2) is 18.6. The minimum Gasteiger partial charge on any atom is -0.404 e. The van der Waals surface area contributed by atoms with E-state index in [4.69, 9.17) is 10.8 Å². The van der Waals surface area contributed by atoms with Gasteiger partial charge < -0.3 is 20.9 Å². The molecule has 6 heterocycles. The van der Waals surface area contributed by atoms with Gasteiger partial charge in [0.15, 0.2) is 5.82 Å². The number of halogens is 4. The minimum atomic E-state index is -4.56. The molecule has 3 aromatic carbocycles. The first-order valence-electron chi connectivity index (χ1n) is 23.2. The molecule has 3 saturated heterocycles. The molecule has 1 unspecified atom stereocenters. The lowest BCUT2D eigenvalue weighted by Gasteiger charge is -2.42. The molecule has 4 aliphatic heterocycles. The summed E-state index contributed by atoms with van der Waals surface area (Å²) in [5.41, 5.74) is 9.14. The van der Waals surface area contributed by atoms with E-state index in [9.17, 15) is 37.1 Å². The van der Waals surface area contributed by atoms with E-state index < -0.39 is 58.8 Å². The molecule has 0 saturated carbocycles. The number of amides is 5. The molecule has 1 atom stereocenters. The maximum Gasteiger partial charge on any atom is 0.401 e. The van der Waals surface area contributed by atoms with Crippen molar-refractivity contribution in [3.05, 3.63) is 100 Å². The fourth-order valence-corrected chi connectivity index (χ4v) is 9.78. The Bertz CT molecular complexity index is 3000. The van der Waals surface area contributed by atoms with Crippen LogP contribution in [0.15, 0.2) is 65.3 Å². The monoisotopic (exact) mass is 964 g/mol. The van der Waals surface area contributed by atoms with Crippen molar-refractivity contribution in [3.63, 3.8) is 0 Å². The minimum absolute atomic E-state index is 0.00143. The molecule has 2 aromatic heterocycles. The number of aromatic amines is 1. The largest absolute Gasteiger partial charge is 0.404 e. The van der Waals surface area contributed by atoms with Crippen LogP contribution in [0, 0.1) is 19.7 Å². The lowest BCUT2D eigenvalue weighted by atomic mass is 9.92. The number of fused-ring (bicyclic) bond motifs is 2. The molecule has 4 aliphatic rings. The summed E-state index contributed by atoms with van der Waals surface area (Å²) < 4.78 is 58.0. The molecule has 0 spiro atoms. The van der Waals surface area contributed by atoms with E-state index in [1.54, 1.807) is 0 Å². The van der Waals surface area contributed by atoms with Gasteiger partial charge in [-0.2, -0.15) is 23.4 Å². The summed E-state index contributed by atoms with van der Waals surface area (Å²) in [5.74, 6) is -4.16. The topological polar surface area (TPSA) is 217 Å². The quantitative estimate of drug-likeness (QED) is 0.0522. The zero-order chi connectivity index (χ0) is 49.8. The van der Waals surface area contributed by atoms with Crippen molar-refractivity contribution in [1.82, 2.24) is 45.4 Å².